The number of sulfonamides is 1. The van der Waals surface area contributed by atoms with E-state index in [0.29, 0.717) is 0 Å². The lowest BCUT2D eigenvalue weighted by Crippen LogP contribution is -2.40. The molecular formula is C18H22N2O3S. The lowest BCUT2D eigenvalue weighted by Gasteiger charge is -2.20. The highest BCUT2D eigenvalue weighted by molar-refractivity contribution is 7.89. The first-order valence-electron chi connectivity index (χ1n) is 7.59. The molecule has 0 aliphatic carbocycles. The summed E-state index contributed by atoms with van der Waals surface area (Å²) in [5.74, 6) is -0.122. The molecule has 0 heterocycles. The number of benzene rings is 2. The van der Waals surface area contributed by atoms with Crippen LogP contribution in [0.25, 0.3) is 11.1 Å². The Bertz CT molecular complexity index is 818. The standard InChI is InChI=1S/C18H22N2O3S/c1-13(21)19-16-9-5-14(6-10-16)15-7-11-17(12-8-15)24(22,23)20-18(2,3)4/h5-12,20H,1-4H3,(H,19,21). The third kappa shape index (κ3) is 4.91. The van der Waals surface area contributed by atoms with Crippen molar-refractivity contribution in [1.29, 1.82) is 0 Å². The molecule has 2 N–H and O–H groups in total. The Kier molecular flexibility index (Phi) is 5.11. The number of carbonyl (C=O) groups is 1. The Morgan fingerprint density at radius 1 is 0.875 bits per heavy atom. The summed E-state index contributed by atoms with van der Waals surface area (Å²) in [7, 11) is -3.53. The molecule has 0 unspecified atom stereocenters. The molecule has 0 spiro atoms. The summed E-state index contributed by atoms with van der Waals surface area (Å²) in [6.07, 6.45) is 0. The van der Waals surface area contributed by atoms with Gasteiger partial charge in [0.05, 0.1) is 4.90 Å². The third-order valence-corrected chi connectivity index (χ3v) is 4.92. The second kappa shape index (κ2) is 6.75. The van der Waals surface area contributed by atoms with Gasteiger partial charge in [0.2, 0.25) is 15.9 Å². The molecule has 0 aliphatic rings. The van der Waals surface area contributed by atoms with E-state index in [0.717, 1.165) is 16.8 Å². The Balaban J connectivity index is 2.22. The van der Waals surface area contributed by atoms with Gasteiger partial charge in [0.25, 0.3) is 0 Å². The number of hydrogen-bond donors (Lipinski definition) is 2. The van der Waals surface area contributed by atoms with Crippen LogP contribution in [0.1, 0.15) is 27.7 Å². The highest BCUT2D eigenvalue weighted by Gasteiger charge is 2.21. The molecule has 2 rings (SSSR count). The van der Waals surface area contributed by atoms with Crippen LogP contribution in [-0.4, -0.2) is 19.9 Å². The molecule has 0 bridgehead atoms. The third-order valence-electron chi connectivity index (χ3n) is 3.14. The van der Waals surface area contributed by atoms with Gasteiger partial charge >= 0.3 is 0 Å². The Morgan fingerprint density at radius 3 is 1.75 bits per heavy atom. The van der Waals surface area contributed by atoms with Crippen molar-refractivity contribution in [3.63, 3.8) is 0 Å². The maximum absolute atomic E-state index is 12.3. The fourth-order valence-corrected chi connectivity index (χ4v) is 3.66. The summed E-state index contributed by atoms with van der Waals surface area (Å²) in [5, 5.41) is 2.71. The van der Waals surface area contributed by atoms with Crippen LogP contribution < -0.4 is 10.0 Å². The number of rotatable bonds is 4. The van der Waals surface area contributed by atoms with Gasteiger partial charge in [0.1, 0.15) is 0 Å². The fourth-order valence-electron chi connectivity index (χ4n) is 2.24. The average molecular weight is 346 g/mol. The Hall–Kier alpha value is -2.18. The van der Waals surface area contributed by atoms with Gasteiger partial charge in [-0.15, -0.1) is 0 Å². The van der Waals surface area contributed by atoms with Gasteiger partial charge in [0, 0.05) is 18.2 Å². The van der Waals surface area contributed by atoms with Crippen LogP contribution in [0.15, 0.2) is 53.4 Å². The monoisotopic (exact) mass is 346 g/mol. The first-order valence-corrected chi connectivity index (χ1v) is 9.07. The molecule has 0 aliphatic heterocycles. The zero-order valence-corrected chi connectivity index (χ0v) is 15.1. The first kappa shape index (κ1) is 18.2. The first-order chi connectivity index (χ1) is 11.1. The minimum absolute atomic E-state index is 0.122. The number of anilines is 1. The lowest BCUT2D eigenvalue weighted by molar-refractivity contribution is -0.114. The van der Waals surface area contributed by atoms with E-state index in [4.69, 9.17) is 0 Å². The molecule has 0 atom stereocenters. The van der Waals surface area contributed by atoms with Gasteiger partial charge in [-0.25, -0.2) is 13.1 Å². The van der Waals surface area contributed by atoms with E-state index in [2.05, 4.69) is 10.0 Å². The normalized spacial score (nSPS) is 12.0. The molecule has 2 aromatic rings. The average Bonchev–Trinajstić information content (AvgIpc) is 2.45. The summed E-state index contributed by atoms with van der Waals surface area (Å²) < 4.78 is 27.2. The van der Waals surface area contributed by atoms with E-state index in [1.807, 2.05) is 24.3 Å². The zero-order chi connectivity index (χ0) is 18.0. The van der Waals surface area contributed by atoms with Crippen LogP contribution in [-0.2, 0) is 14.8 Å². The molecule has 128 valence electrons. The van der Waals surface area contributed by atoms with E-state index in [1.165, 1.54) is 6.92 Å². The number of hydrogen-bond acceptors (Lipinski definition) is 3. The van der Waals surface area contributed by atoms with Gasteiger partial charge in [-0.2, -0.15) is 0 Å². The van der Waals surface area contributed by atoms with E-state index in [9.17, 15) is 13.2 Å². The zero-order valence-electron chi connectivity index (χ0n) is 14.3. The van der Waals surface area contributed by atoms with Crippen LogP contribution in [0.5, 0.6) is 0 Å². The minimum Gasteiger partial charge on any atom is -0.326 e. The van der Waals surface area contributed by atoms with Gasteiger partial charge < -0.3 is 5.32 Å². The molecule has 1 amide bonds. The van der Waals surface area contributed by atoms with Crippen molar-refractivity contribution in [2.75, 3.05) is 5.32 Å². The lowest BCUT2D eigenvalue weighted by atomic mass is 10.1. The number of amides is 1. The Morgan fingerprint density at radius 2 is 1.33 bits per heavy atom. The van der Waals surface area contributed by atoms with Gasteiger partial charge in [-0.3, -0.25) is 4.79 Å². The highest BCUT2D eigenvalue weighted by Crippen LogP contribution is 2.23. The van der Waals surface area contributed by atoms with Crippen molar-refractivity contribution in [3.8, 4) is 11.1 Å². The molecule has 0 saturated carbocycles. The van der Waals surface area contributed by atoms with Gasteiger partial charge in [-0.1, -0.05) is 24.3 Å². The minimum atomic E-state index is -3.53. The van der Waals surface area contributed by atoms with E-state index < -0.39 is 15.6 Å². The largest absolute Gasteiger partial charge is 0.326 e. The maximum atomic E-state index is 12.3. The van der Waals surface area contributed by atoms with Crippen molar-refractivity contribution in [2.24, 2.45) is 0 Å². The van der Waals surface area contributed by atoms with Gasteiger partial charge in [-0.05, 0) is 56.2 Å². The summed E-state index contributed by atoms with van der Waals surface area (Å²) in [4.78, 5) is 11.3. The maximum Gasteiger partial charge on any atom is 0.241 e. The van der Waals surface area contributed by atoms with Crippen LogP contribution >= 0.6 is 0 Å². The van der Waals surface area contributed by atoms with E-state index >= 15 is 0 Å². The summed E-state index contributed by atoms with van der Waals surface area (Å²) in [5.41, 5.74) is 2.03. The molecule has 2 aromatic carbocycles. The fraction of sp³-hybridized carbons (Fsp3) is 0.278. The number of carbonyl (C=O) groups excluding carboxylic acids is 1. The van der Waals surface area contributed by atoms with Crippen LogP contribution in [0, 0.1) is 0 Å². The highest BCUT2D eigenvalue weighted by atomic mass is 32.2. The quantitative estimate of drug-likeness (QED) is 0.891. The SMILES string of the molecule is CC(=O)Nc1ccc(-c2ccc(S(=O)(=O)NC(C)(C)C)cc2)cc1. The van der Waals surface area contributed by atoms with E-state index in [1.54, 1.807) is 45.0 Å². The Labute approximate surface area is 143 Å². The molecule has 0 fully saturated rings. The molecular weight excluding hydrogens is 324 g/mol. The van der Waals surface area contributed by atoms with Crippen LogP contribution in [0.3, 0.4) is 0 Å². The smallest absolute Gasteiger partial charge is 0.241 e. The van der Waals surface area contributed by atoms with Crippen molar-refractivity contribution in [3.05, 3.63) is 48.5 Å². The van der Waals surface area contributed by atoms with Crippen LogP contribution in [0.4, 0.5) is 5.69 Å². The second-order valence-electron chi connectivity index (χ2n) is 6.64. The van der Waals surface area contributed by atoms with Crippen molar-refractivity contribution >= 4 is 21.6 Å². The summed E-state index contributed by atoms with van der Waals surface area (Å²) >= 11 is 0. The molecule has 5 nitrogen and oxygen atoms in total. The molecule has 0 aromatic heterocycles. The molecule has 0 saturated heterocycles. The number of nitrogens with one attached hydrogen (secondary N) is 2. The molecule has 0 radical (unpaired) electrons. The van der Waals surface area contributed by atoms with Crippen molar-refractivity contribution in [2.45, 2.75) is 38.1 Å². The predicted molar refractivity (Wildman–Crippen MR) is 96.3 cm³/mol. The van der Waals surface area contributed by atoms with Crippen molar-refractivity contribution in [1.82, 2.24) is 4.72 Å². The summed E-state index contributed by atoms with van der Waals surface area (Å²) in [6.45, 7) is 6.86. The predicted octanol–water partition coefficient (Wildman–Crippen LogP) is 3.39. The molecule has 24 heavy (non-hydrogen) atoms. The topological polar surface area (TPSA) is 75.3 Å². The van der Waals surface area contributed by atoms with Crippen LogP contribution in [0.2, 0.25) is 0 Å². The van der Waals surface area contributed by atoms with E-state index in [-0.39, 0.29) is 10.8 Å². The van der Waals surface area contributed by atoms with Crippen molar-refractivity contribution < 1.29 is 13.2 Å². The van der Waals surface area contributed by atoms with Gasteiger partial charge in [0.15, 0.2) is 0 Å². The second-order valence-corrected chi connectivity index (χ2v) is 8.32. The summed E-state index contributed by atoms with van der Waals surface area (Å²) in [6, 6.07) is 14.1. The molecule has 6 heteroatoms.